The van der Waals surface area contributed by atoms with Crippen molar-refractivity contribution in [1.29, 1.82) is 5.26 Å². The van der Waals surface area contributed by atoms with Crippen molar-refractivity contribution in [2.75, 3.05) is 18.1 Å². The van der Waals surface area contributed by atoms with E-state index in [0.29, 0.717) is 5.69 Å². The van der Waals surface area contributed by atoms with Gasteiger partial charge >= 0.3 is 5.97 Å². The third-order valence-electron chi connectivity index (χ3n) is 3.54. The quantitative estimate of drug-likeness (QED) is 0.714. The highest BCUT2D eigenvalue weighted by Crippen LogP contribution is 2.16. The molecule has 7 heteroatoms. The molecule has 1 amide bonds. The van der Waals surface area contributed by atoms with E-state index in [4.69, 9.17) is 10.00 Å². The Morgan fingerprint density at radius 3 is 2.42 bits per heavy atom. The second-order valence-corrected chi connectivity index (χ2v) is 5.36. The van der Waals surface area contributed by atoms with Gasteiger partial charge in [0.1, 0.15) is 11.6 Å². The highest BCUT2D eigenvalue weighted by molar-refractivity contribution is 5.95. The van der Waals surface area contributed by atoms with E-state index in [1.165, 1.54) is 47.4 Å². The molecule has 2 aromatic rings. The minimum atomic E-state index is -0.747. The number of amides is 1. The number of nitrogens with zero attached hydrogens (tertiary/aromatic N) is 2. The first-order valence-electron chi connectivity index (χ1n) is 7.83. The molecule has 0 aromatic heterocycles. The molecule has 0 aliphatic rings. The lowest BCUT2D eigenvalue weighted by Gasteiger charge is -2.21. The number of esters is 1. The third-order valence-corrected chi connectivity index (χ3v) is 3.54. The maximum atomic E-state index is 13.5. The fourth-order valence-electron chi connectivity index (χ4n) is 2.25. The summed E-state index contributed by atoms with van der Waals surface area (Å²) in [4.78, 5) is 25.4. The fourth-order valence-corrected chi connectivity index (χ4v) is 2.25. The van der Waals surface area contributed by atoms with Gasteiger partial charge in [-0.1, -0.05) is 18.2 Å². The van der Waals surface area contributed by atoms with Crippen LogP contribution in [0.25, 0.3) is 0 Å². The van der Waals surface area contributed by atoms with Crippen LogP contribution in [0.3, 0.4) is 0 Å². The lowest BCUT2D eigenvalue weighted by atomic mass is 10.1. The Balaban J connectivity index is 1.98. The number of carbonyl (C=O) groups excluding carboxylic acids is 2. The standard InChI is InChI=1S/C19H16F2N2O3/c20-15-6-8-16(9-7-15)23(11-3-10-22)18(24)13-26-19(25)12-14-4-1-2-5-17(14)21/h1-2,4-9H,3,11-13H2. The average molecular weight is 358 g/mol. The molecule has 0 spiro atoms. The Morgan fingerprint density at radius 2 is 1.77 bits per heavy atom. The van der Waals surface area contributed by atoms with Gasteiger partial charge in [-0.05, 0) is 35.9 Å². The lowest BCUT2D eigenvalue weighted by Crippen LogP contribution is -2.35. The number of hydrogen-bond acceptors (Lipinski definition) is 4. The van der Waals surface area contributed by atoms with E-state index in [0.717, 1.165) is 0 Å². The Bertz CT molecular complexity index is 816. The average Bonchev–Trinajstić information content (AvgIpc) is 2.63. The van der Waals surface area contributed by atoms with Crippen molar-refractivity contribution in [3.8, 4) is 6.07 Å². The first kappa shape index (κ1) is 19.1. The van der Waals surface area contributed by atoms with Crippen molar-refractivity contribution in [1.82, 2.24) is 0 Å². The van der Waals surface area contributed by atoms with Crippen LogP contribution in [-0.2, 0) is 20.7 Å². The summed E-state index contributed by atoms with van der Waals surface area (Å²) in [6, 6.07) is 12.9. The first-order valence-corrected chi connectivity index (χ1v) is 7.83. The Labute approximate surface area is 149 Å². The van der Waals surface area contributed by atoms with Crippen LogP contribution < -0.4 is 4.90 Å². The zero-order valence-corrected chi connectivity index (χ0v) is 13.8. The van der Waals surface area contributed by atoms with Gasteiger partial charge in [-0.2, -0.15) is 5.26 Å². The first-order chi connectivity index (χ1) is 12.5. The number of benzene rings is 2. The Kier molecular flexibility index (Phi) is 6.80. The zero-order chi connectivity index (χ0) is 18.9. The summed E-state index contributed by atoms with van der Waals surface area (Å²) in [7, 11) is 0. The number of ether oxygens (including phenoxy) is 1. The van der Waals surface area contributed by atoms with Gasteiger partial charge in [0.2, 0.25) is 0 Å². The molecule has 0 saturated carbocycles. The predicted octanol–water partition coefficient (Wildman–Crippen LogP) is 3.00. The number of rotatable bonds is 7. The van der Waals surface area contributed by atoms with E-state index in [2.05, 4.69) is 0 Å². The van der Waals surface area contributed by atoms with Crippen LogP contribution in [0.15, 0.2) is 48.5 Å². The van der Waals surface area contributed by atoms with Gasteiger partial charge in [0.05, 0.1) is 18.9 Å². The van der Waals surface area contributed by atoms with Crippen molar-refractivity contribution in [2.24, 2.45) is 0 Å². The molecule has 0 fully saturated rings. The summed E-state index contributed by atoms with van der Waals surface area (Å²) in [5, 5.41) is 8.73. The van der Waals surface area contributed by atoms with E-state index < -0.39 is 30.1 Å². The monoisotopic (exact) mass is 358 g/mol. The molecule has 0 aliphatic carbocycles. The Morgan fingerprint density at radius 1 is 1.08 bits per heavy atom. The van der Waals surface area contributed by atoms with Gasteiger partial charge in [-0.25, -0.2) is 8.78 Å². The molecule has 0 heterocycles. The second-order valence-electron chi connectivity index (χ2n) is 5.36. The van der Waals surface area contributed by atoms with Crippen molar-refractivity contribution in [3.05, 3.63) is 65.7 Å². The molecule has 0 aliphatic heterocycles. The summed E-state index contributed by atoms with van der Waals surface area (Å²) in [5.41, 5.74) is 0.557. The summed E-state index contributed by atoms with van der Waals surface area (Å²) < 4.78 is 31.5. The number of nitriles is 1. The lowest BCUT2D eigenvalue weighted by molar-refractivity contribution is -0.147. The van der Waals surface area contributed by atoms with Crippen molar-refractivity contribution in [2.45, 2.75) is 12.8 Å². The van der Waals surface area contributed by atoms with Crippen molar-refractivity contribution < 1.29 is 23.1 Å². The molecule has 2 aromatic carbocycles. The SMILES string of the molecule is N#CCCN(C(=O)COC(=O)Cc1ccccc1F)c1ccc(F)cc1. The second kappa shape index (κ2) is 9.28. The topological polar surface area (TPSA) is 70.4 Å². The number of anilines is 1. The van der Waals surface area contributed by atoms with E-state index in [-0.39, 0.29) is 24.9 Å². The van der Waals surface area contributed by atoms with E-state index in [1.807, 2.05) is 6.07 Å². The van der Waals surface area contributed by atoms with Gasteiger partial charge in [0.15, 0.2) is 6.61 Å². The molecule has 5 nitrogen and oxygen atoms in total. The van der Waals surface area contributed by atoms with Gasteiger partial charge in [0.25, 0.3) is 5.91 Å². The zero-order valence-electron chi connectivity index (χ0n) is 13.8. The summed E-state index contributed by atoms with van der Waals surface area (Å²) >= 11 is 0. The van der Waals surface area contributed by atoms with Crippen LogP contribution in [0.4, 0.5) is 14.5 Å². The molecule has 0 unspecified atom stereocenters. The molecule has 0 saturated heterocycles. The predicted molar refractivity (Wildman–Crippen MR) is 90.0 cm³/mol. The summed E-state index contributed by atoms with van der Waals surface area (Å²) in [6.07, 6.45) is -0.235. The van der Waals surface area contributed by atoms with Crippen LogP contribution >= 0.6 is 0 Å². The van der Waals surface area contributed by atoms with Crippen LogP contribution in [0.5, 0.6) is 0 Å². The molecule has 2 rings (SSSR count). The van der Waals surface area contributed by atoms with Gasteiger partial charge in [0, 0.05) is 12.2 Å². The van der Waals surface area contributed by atoms with E-state index >= 15 is 0 Å². The molecule has 0 N–H and O–H groups in total. The Hall–Kier alpha value is -3.27. The van der Waals surface area contributed by atoms with Crippen LogP contribution in [-0.4, -0.2) is 25.0 Å². The largest absolute Gasteiger partial charge is 0.455 e. The number of carbonyl (C=O) groups is 2. The van der Waals surface area contributed by atoms with E-state index in [9.17, 15) is 18.4 Å². The van der Waals surface area contributed by atoms with Gasteiger partial charge in [-0.15, -0.1) is 0 Å². The maximum Gasteiger partial charge on any atom is 0.310 e. The highest BCUT2D eigenvalue weighted by atomic mass is 19.1. The molecule has 0 atom stereocenters. The van der Waals surface area contributed by atoms with Crippen LogP contribution in [0, 0.1) is 23.0 Å². The fraction of sp³-hybridized carbons (Fsp3) is 0.211. The molecular weight excluding hydrogens is 342 g/mol. The van der Waals surface area contributed by atoms with Gasteiger partial charge in [-0.3, -0.25) is 9.59 Å². The molecule has 26 heavy (non-hydrogen) atoms. The number of hydrogen-bond donors (Lipinski definition) is 0. The van der Waals surface area contributed by atoms with E-state index in [1.54, 1.807) is 6.07 Å². The maximum absolute atomic E-state index is 13.5. The summed E-state index contributed by atoms with van der Waals surface area (Å²) in [6.45, 7) is -0.484. The summed E-state index contributed by atoms with van der Waals surface area (Å²) in [5.74, 6) is -2.30. The number of halogens is 2. The van der Waals surface area contributed by atoms with Crippen LogP contribution in [0.1, 0.15) is 12.0 Å². The third kappa shape index (κ3) is 5.38. The molecule has 0 bridgehead atoms. The highest BCUT2D eigenvalue weighted by Gasteiger charge is 2.18. The minimum absolute atomic E-state index is 0.0618. The van der Waals surface area contributed by atoms with Crippen LogP contribution in [0.2, 0.25) is 0 Å². The molecule has 134 valence electrons. The molecule has 0 radical (unpaired) electrons. The van der Waals surface area contributed by atoms with Crippen molar-refractivity contribution in [3.63, 3.8) is 0 Å². The smallest absolute Gasteiger partial charge is 0.310 e. The molecular formula is C19H16F2N2O3. The van der Waals surface area contributed by atoms with Gasteiger partial charge < -0.3 is 9.64 Å². The van der Waals surface area contributed by atoms with Crippen molar-refractivity contribution >= 4 is 17.6 Å². The normalized spacial score (nSPS) is 10.0. The minimum Gasteiger partial charge on any atom is -0.455 e.